The highest BCUT2D eigenvalue weighted by molar-refractivity contribution is 6.30. The van der Waals surface area contributed by atoms with Crippen molar-refractivity contribution < 1.29 is 9.18 Å². The van der Waals surface area contributed by atoms with Crippen LogP contribution >= 0.6 is 11.6 Å². The second-order valence-electron chi connectivity index (χ2n) is 7.22. The first-order valence-corrected chi connectivity index (χ1v) is 10.1. The van der Waals surface area contributed by atoms with Crippen LogP contribution in [-0.2, 0) is 4.79 Å². The first kappa shape index (κ1) is 21.1. The topological polar surface area (TPSA) is 84.4 Å². The van der Waals surface area contributed by atoms with E-state index < -0.39 is 5.82 Å². The molecular weight excluding hydrogens is 391 g/mol. The molecule has 5 nitrogen and oxygen atoms in total. The summed E-state index contributed by atoms with van der Waals surface area (Å²) in [5.41, 5.74) is 9.03. The Labute approximate surface area is 175 Å². The number of rotatable bonds is 6. The molecule has 29 heavy (non-hydrogen) atoms. The molecule has 7 heteroatoms. The molecule has 2 unspecified atom stereocenters. The highest BCUT2D eigenvalue weighted by Crippen LogP contribution is 2.32. The van der Waals surface area contributed by atoms with Crippen molar-refractivity contribution in [3.8, 4) is 11.1 Å². The van der Waals surface area contributed by atoms with Crippen molar-refractivity contribution in [2.45, 2.75) is 32.2 Å². The van der Waals surface area contributed by atoms with E-state index in [0.717, 1.165) is 29.5 Å². The van der Waals surface area contributed by atoms with Gasteiger partial charge >= 0.3 is 0 Å². The molecule has 1 saturated carbocycles. The third-order valence-electron chi connectivity index (χ3n) is 5.39. The lowest BCUT2D eigenvalue weighted by molar-refractivity contribution is -0.124. The lowest BCUT2D eigenvalue weighted by atomic mass is 10.0. The van der Waals surface area contributed by atoms with Gasteiger partial charge in [-0.2, -0.15) is 0 Å². The molecule has 1 aliphatic carbocycles. The zero-order valence-corrected chi connectivity index (χ0v) is 17.1. The maximum atomic E-state index is 13.7. The number of hydrogen-bond acceptors (Lipinski definition) is 4. The zero-order chi connectivity index (χ0) is 21.0. The number of halogens is 2. The fourth-order valence-electron chi connectivity index (χ4n) is 3.80. The van der Waals surface area contributed by atoms with E-state index in [1.54, 1.807) is 11.1 Å². The molecule has 1 aliphatic rings. The summed E-state index contributed by atoms with van der Waals surface area (Å²) in [6.45, 7) is 2.54. The number of hydrazine groups is 1. The SMILES string of the molecule is CCNC(=O)C1CCC(N(N)/C(=C\N)c2ccc(-c3ccc(Cl)c(F)c3)cc2)C1. The molecule has 1 fully saturated rings. The number of nitrogens with zero attached hydrogens (tertiary/aromatic N) is 1. The molecule has 5 N–H and O–H groups in total. The predicted octanol–water partition coefficient (Wildman–Crippen LogP) is 3.88. The van der Waals surface area contributed by atoms with Crippen molar-refractivity contribution in [1.82, 2.24) is 10.3 Å². The summed E-state index contributed by atoms with van der Waals surface area (Å²) in [6, 6.07) is 12.3. The Morgan fingerprint density at radius 1 is 1.24 bits per heavy atom. The second kappa shape index (κ2) is 9.29. The van der Waals surface area contributed by atoms with Gasteiger partial charge < -0.3 is 16.1 Å². The maximum Gasteiger partial charge on any atom is 0.223 e. The summed E-state index contributed by atoms with van der Waals surface area (Å²) in [5.74, 6) is 5.99. The minimum Gasteiger partial charge on any atom is -0.403 e. The first-order valence-electron chi connectivity index (χ1n) is 9.74. The van der Waals surface area contributed by atoms with E-state index in [-0.39, 0.29) is 22.9 Å². The fourth-order valence-corrected chi connectivity index (χ4v) is 3.92. The molecular formula is C22H26ClFN4O. The van der Waals surface area contributed by atoms with Gasteiger partial charge in [-0.15, -0.1) is 0 Å². The molecule has 2 atom stereocenters. The average molecular weight is 417 g/mol. The lowest BCUT2D eigenvalue weighted by Crippen LogP contribution is -2.39. The van der Waals surface area contributed by atoms with Crippen LogP contribution in [0.1, 0.15) is 31.7 Å². The summed E-state index contributed by atoms with van der Waals surface area (Å²) >= 11 is 5.76. The van der Waals surface area contributed by atoms with Gasteiger partial charge in [-0.3, -0.25) is 4.79 Å². The van der Waals surface area contributed by atoms with E-state index in [0.29, 0.717) is 18.7 Å². The predicted molar refractivity (Wildman–Crippen MR) is 115 cm³/mol. The Kier molecular flexibility index (Phi) is 6.77. The standard InChI is InChI=1S/C22H26ClFN4O/c1-2-27-22(29)17-7-9-18(11-17)28(26)21(13-25)15-5-3-14(4-6-15)16-8-10-19(23)20(24)12-16/h3-6,8,10,12-13,17-18H,2,7,9,11,25-26H2,1H3,(H,27,29)/b21-13-. The van der Waals surface area contributed by atoms with Crippen LogP contribution in [0, 0.1) is 11.7 Å². The normalized spacial score (nSPS) is 19.2. The molecule has 0 heterocycles. The number of nitrogens with one attached hydrogen (secondary N) is 1. The van der Waals surface area contributed by atoms with Gasteiger partial charge in [0.1, 0.15) is 5.82 Å². The smallest absolute Gasteiger partial charge is 0.223 e. The van der Waals surface area contributed by atoms with Gasteiger partial charge in [0.2, 0.25) is 5.91 Å². The summed E-state index contributed by atoms with van der Waals surface area (Å²) in [7, 11) is 0. The van der Waals surface area contributed by atoms with Crippen LogP contribution in [0.2, 0.25) is 5.02 Å². The van der Waals surface area contributed by atoms with Gasteiger partial charge in [0, 0.05) is 30.3 Å². The van der Waals surface area contributed by atoms with Crippen molar-refractivity contribution in [2.75, 3.05) is 6.54 Å². The van der Waals surface area contributed by atoms with E-state index >= 15 is 0 Å². The summed E-state index contributed by atoms with van der Waals surface area (Å²) < 4.78 is 13.7. The number of nitrogens with two attached hydrogens (primary N) is 2. The Morgan fingerprint density at radius 3 is 2.55 bits per heavy atom. The molecule has 0 aliphatic heterocycles. The molecule has 1 amide bonds. The van der Waals surface area contributed by atoms with Gasteiger partial charge in [-0.25, -0.2) is 10.2 Å². The molecule has 0 bridgehead atoms. The van der Waals surface area contributed by atoms with Gasteiger partial charge in [-0.1, -0.05) is 41.9 Å². The average Bonchev–Trinajstić information content (AvgIpc) is 3.22. The maximum absolute atomic E-state index is 13.7. The number of amides is 1. The molecule has 3 rings (SSSR count). The van der Waals surface area contributed by atoms with Gasteiger partial charge in [0.15, 0.2) is 0 Å². The monoisotopic (exact) mass is 416 g/mol. The lowest BCUT2D eigenvalue weighted by Gasteiger charge is -2.28. The third kappa shape index (κ3) is 4.71. The van der Waals surface area contributed by atoms with E-state index in [1.165, 1.54) is 18.3 Å². The Hall–Kier alpha value is -2.57. The van der Waals surface area contributed by atoms with Crippen LogP contribution in [0.3, 0.4) is 0 Å². The van der Waals surface area contributed by atoms with E-state index in [2.05, 4.69) is 5.32 Å². The quantitative estimate of drug-likeness (QED) is 0.492. The first-order chi connectivity index (χ1) is 13.9. The van der Waals surface area contributed by atoms with E-state index in [1.807, 2.05) is 31.2 Å². The second-order valence-corrected chi connectivity index (χ2v) is 7.63. The van der Waals surface area contributed by atoms with Crippen molar-refractivity contribution in [3.05, 3.63) is 65.1 Å². The van der Waals surface area contributed by atoms with E-state index in [9.17, 15) is 9.18 Å². The van der Waals surface area contributed by atoms with Crippen LogP contribution in [0.5, 0.6) is 0 Å². The molecule has 0 saturated heterocycles. The molecule has 2 aromatic rings. The summed E-state index contributed by atoms with van der Waals surface area (Å²) in [4.78, 5) is 12.1. The molecule has 2 aromatic carbocycles. The fraction of sp³-hybridized carbons (Fsp3) is 0.318. The highest BCUT2D eigenvalue weighted by atomic mass is 35.5. The highest BCUT2D eigenvalue weighted by Gasteiger charge is 2.33. The van der Waals surface area contributed by atoms with E-state index in [4.69, 9.17) is 23.2 Å². The third-order valence-corrected chi connectivity index (χ3v) is 5.70. The number of benzene rings is 2. The Morgan fingerprint density at radius 2 is 1.93 bits per heavy atom. The largest absolute Gasteiger partial charge is 0.403 e. The molecule has 0 spiro atoms. The van der Waals surface area contributed by atoms with Crippen LogP contribution < -0.4 is 16.9 Å². The minimum absolute atomic E-state index is 0.0211. The molecule has 0 aromatic heterocycles. The number of carbonyl (C=O) groups excluding carboxylic acids is 1. The van der Waals surface area contributed by atoms with Gasteiger partial charge in [0.25, 0.3) is 0 Å². The Balaban J connectivity index is 1.73. The molecule has 0 radical (unpaired) electrons. The Bertz CT molecular complexity index is 900. The van der Waals surface area contributed by atoms with Gasteiger partial charge in [0.05, 0.1) is 10.7 Å². The van der Waals surface area contributed by atoms with Gasteiger partial charge in [-0.05, 0) is 49.4 Å². The minimum atomic E-state index is -0.452. The van der Waals surface area contributed by atoms with Crippen LogP contribution in [0.25, 0.3) is 16.8 Å². The number of carbonyl (C=O) groups is 1. The van der Waals surface area contributed by atoms with Crippen molar-refractivity contribution in [2.24, 2.45) is 17.5 Å². The number of hydrogen-bond donors (Lipinski definition) is 3. The van der Waals surface area contributed by atoms with Crippen LogP contribution in [0.4, 0.5) is 4.39 Å². The van der Waals surface area contributed by atoms with Crippen molar-refractivity contribution in [3.63, 3.8) is 0 Å². The van der Waals surface area contributed by atoms with Crippen molar-refractivity contribution >= 4 is 23.2 Å². The van der Waals surface area contributed by atoms with Crippen LogP contribution in [0.15, 0.2) is 48.7 Å². The zero-order valence-electron chi connectivity index (χ0n) is 16.4. The molecule has 154 valence electrons. The van der Waals surface area contributed by atoms with Crippen LogP contribution in [-0.4, -0.2) is 23.5 Å². The summed E-state index contributed by atoms with van der Waals surface area (Å²) in [6.07, 6.45) is 3.82. The summed E-state index contributed by atoms with van der Waals surface area (Å²) in [5, 5.41) is 4.64. The van der Waals surface area contributed by atoms with Crippen molar-refractivity contribution in [1.29, 1.82) is 0 Å².